The highest BCUT2D eigenvalue weighted by atomic mass is 16.5. The lowest BCUT2D eigenvalue weighted by Crippen LogP contribution is -2.56. The zero-order valence-corrected chi connectivity index (χ0v) is 28.1. The van der Waals surface area contributed by atoms with Gasteiger partial charge in [0.25, 0.3) is 0 Å². The van der Waals surface area contributed by atoms with Crippen LogP contribution in [0.25, 0.3) is 0 Å². The Morgan fingerprint density at radius 2 is 1.85 bits per heavy atom. The Labute approximate surface area is 277 Å². The third-order valence-corrected chi connectivity index (χ3v) is 10.0. The highest BCUT2D eigenvalue weighted by Gasteiger charge is 2.51. The highest BCUT2D eigenvalue weighted by molar-refractivity contribution is 5.96. The summed E-state index contributed by atoms with van der Waals surface area (Å²) in [5.41, 5.74) is 3.43. The molecule has 1 aliphatic heterocycles. The Kier molecular flexibility index (Phi) is 11.3. The third kappa shape index (κ3) is 7.51. The van der Waals surface area contributed by atoms with Crippen molar-refractivity contribution in [1.29, 1.82) is 0 Å². The van der Waals surface area contributed by atoms with Crippen molar-refractivity contribution in [2.45, 2.75) is 90.4 Å². The van der Waals surface area contributed by atoms with Gasteiger partial charge < -0.3 is 39.7 Å². The molecule has 1 heterocycles. The quantitative estimate of drug-likeness (QED) is 0.274. The first kappa shape index (κ1) is 34.9. The Morgan fingerprint density at radius 1 is 1.11 bits per heavy atom. The van der Waals surface area contributed by atoms with E-state index in [1.807, 2.05) is 31.2 Å². The summed E-state index contributed by atoms with van der Waals surface area (Å²) >= 11 is 0. The first-order valence-corrected chi connectivity index (χ1v) is 16.8. The van der Waals surface area contributed by atoms with Gasteiger partial charge in [0.1, 0.15) is 18.8 Å². The fraction of sp³-hybridized carbons (Fsp3) is 0.568. The molecule has 2 amide bonds. The third-order valence-electron chi connectivity index (χ3n) is 10.0. The standard InChI is InChI=1S/C37H50N2O8/c1-21(2)26-11-8-23(4)14-30(26)46-20-32(42)39(18-24-9-6-22(3)7-10-24)29-17-28(37(44)38-12-13-40)33-27-15-25(19-41)16-31(45-5)35(27)47-36(33)34(29)43/h6-7,9-10,15-17,21,23,26,29-30,33-34,36,40-41,43H,8,11-14,18-20H2,1-5H3,(H,38,44)/t23-,26+,29+,30-,33-,34-,36-/m0/s1. The number of aliphatic hydroxyl groups is 3. The summed E-state index contributed by atoms with van der Waals surface area (Å²) in [7, 11) is 1.49. The van der Waals surface area contributed by atoms with E-state index in [2.05, 4.69) is 26.1 Å². The van der Waals surface area contributed by atoms with Gasteiger partial charge in [0, 0.05) is 24.2 Å². The van der Waals surface area contributed by atoms with Gasteiger partial charge in [-0.25, -0.2) is 0 Å². The van der Waals surface area contributed by atoms with Gasteiger partial charge in [0.2, 0.25) is 11.8 Å². The molecule has 10 heteroatoms. The van der Waals surface area contributed by atoms with Crippen LogP contribution in [0.5, 0.6) is 11.5 Å². The van der Waals surface area contributed by atoms with Crippen molar-refractivity contribution >= 4 is 11.8 Å². The first-order valence-electron chi connectivity index (χ1n) is 16.8. The van der Waals surface area contributed by atoms with E-state index in [1.54, 1.807) is 23.1 Å². The Bertz CT molecular complexity index is 1440. The van der Waals surface area contributed by atoms with Crippen molar-refractivity contribution in [1.82, 2.24) is 10.2 Å². The number of carbonyl (C=O) groups is 2. The van der Waals surface area contributed by atoms with Crippen LogP contribution in [0, 0.1) is 24.7 Å². The number of amides is 2. The van der Waals surface area contributed by atoms with Crippen molar-refractivity contribution in [3.63, 3.8) is 0 Å². The molecule has 2 aromatic rings. The van der Waals surface area contributed by atoms with Crippen LogP contribution < -0.4 is 14.8 Å². The van der Waals surface area contributed by atoms with Crippen molar-refractivity contribution in [3.8, 4) is 11.5 Å². The monoisotopic (exact) mass is 650 g/mol. The molecule has 10 nitrogen and oxygen atoms in total. The molecule has 0 unspecified atom stereocenters. The number of aryl methyl sites for hydroxylation is 1. The molecule has 0 spiro atoms. The summed E-state index contributed by atoms with van der Waals surface area (Å²) < 4.78 is 18.3. The van der Waals surface area contributed by atoms with Gasteiger partial charge >= 0.3 is 0 Å². The van der Waals surface area contributed by atoms with Crippen LogP contribution >= 0.6 is 0 Å². The predicted octanol–water partition coefficient (Wildman–Crippen LogP) is 3.62. The summed E-state index contributed by atoms with van der Waals surface area (Å²) in [5.74, 6) is 0.624. The second-order valence-electron chi connectivity index (χ2n) is 13.7. The minimum absolute atomic E-state index is 0.0329. The number of aliphatic hydroxyl groups excluding tert-OH is 3. The molecule has 0 aromatic heterocycles. The number of fused-ring (bicyclic) bond motifs is 3. The number of hydrogen-bond acceptors (Lipinski definition) is 8. The SMILES string of the molecule is COc1cc(CO)cc2c1O[C@@H]1[C@@H](O)[C@H](N(Cc3ccc(C)cc3)C(=O)CO[C@H]3C[C@@H](C)CC[C@@H]3C(C)C)C=C(C(=O)NCCO)[C@H]21. The Balaban J connectivity index is 1.52. The summed E-state index contributed by atoms with van der Waals surface area (Å²) in [4.78, 5) is 29.5. The van der Waals surface area contributed by atoms with Gasteiger partial charge in [0.15, 0.2) is 11.5 Å². The molecule has 1 saturated carbocycles. The zero-order chi connectivity index (χ0) is 33.8. The van der Waals surface area contributed by atoms with E-state index >= 15 is 0 Å². The maximum absolute atomic E-state index is 14.2. The second-order valence-corrected chi connectivity index (χ2v) is 13.7. The minimum Gasteiger partial charge on any atom is -0.493 e. The summed E-state index contributed by atoms with van der Waals surface area (Å²) in [5, 5.41) is 34.2. The van der Waals surface area contributed by atoms with E-state index in [0.29, 0.717) is 46.0 Å². The predicted molar refractivity (Wildman–Crippen MR) is 177 cm³/mol. The van der Waals surface area contributed by atoms with Crippen LogP contribution in [0.4, 0.5) is 0 Å². The number of carbonyl (C=O) groups excluding carboxylic acids is 2. The van der Waals surface area contributed by atoms with E-state index in [-0.39, 0.29) is 44.9 Å². The normalized spacial score (nSPS) is 26.6. The van der Waals surface area contributed by atoms with Gasteiger partial charge in [0.05, 0.1) is 38.4 Å². The van der Waals surface area contributed by atoms with E-state index in [4.69, 9.17) is 14.2 Å². The topological polar surface area (TPSA) is 138 Å². The van der Waals surface area contributed by atoms with E-state index < -0.39 is 30.1 Å². The van der Waals surface area contributed by atoms with Crippen LogP contribution in [0.15, 0.2) is 48.0 Å². The fourth-order valence-corrected chi connectivity index (χ4v) is 7.44. The molecule has 0 radical (unpaired) electrons. The van der Waals surface area contributed by atoms with Gasteiger partial charge in [-0.15, -0.1) is 0 Å². The lowest BCUT2D eigenvalue weighted by molar-refractivity contribution is -0.148. The second kappa shape index (κ2) is 15.2. The number of nitrogens with zero attached hydrogens (tertiary/aromatic N) is 1. The maximum atomic E-state index is 14.2. The van der Waals surface area contributed by atoms with E-state index in [1.165, 1.54) is 7.11 Å². The molecule has 47 heavy (non-hydrogen) atoms. The van der Waals surface area contributed by atoms with Crippen LogP contribution in [-0.4, -0.2) is 83.3 Å². The average molecular weight is 651 g/mol. The summed E-state index contributed by atoms with van der Waals surface area (Å²) in [6.07, 6.45) is 2.58. The zero-order valence-electron chi connectivity index (χ0n) is 28.1. The van der Waals surface area contributed by atoms with Gasteiger partial charge in [-0.2, -0.15) is 0 Å². The molecule has 7 atom stereocenters. The van der Waals surface area contributed by atoms with Crippen molar-refractivity contribution < 1.29 is 39.1 Å². The highest BCUT2D eigenvalue weighted by Crippen LogP contribution is 2.51. The molecule has 4 N–H and O–H groups in total. The number of methoxy groups -OCH3 is 1. The fourth-order valence-electron chi connectivity index (χ4n) is 7.44. The smallest absolute Gasteiger partial charge is 0.249 e. The molecule has 0 saturated heterocycles. The molecule has 0 bridgehead atoms. The largest absolute Gasteiger partial charge is 0.493 e. The first-order chi connectivity index (χ1) is 22.6. The van der Waals surface area contributed by atoms with Crippen molar-refractivity contribution in [3.05, 3.63) is 70.3 Å². The minimum atomic E-state index is -1.21. The number of ether oxygens (including phenoxy) is 3. The molecule has 1 fully saturated rings. The van der Waals surface area contributed by atoms with Crippen molar-refractivity contribution in [2.24, 2.45) is 17.8 Å². The van der Waals surface area contributed by atoms with Crippen LogP contribution in [0.2, 0.25) is 0 Å². The lowest BCUT2D eigenvalue weighted by atomic mass is 9.75. The van der Waals surface area contributed by atoms with Gasteiger partial charge in [-0.3, -0.25) is 9.59 Å². The summed E-state index contributed by atoms with van der Waals surface area (Å²) in [6, 6.07) is 10.3. The van der Waals surface area contributed by atoms with Gasteiger partial charge in [-0.1, -0.05) is 57.0 Å². The van der Waals surface area contributed by atoms with Crippen LogP contribution in [-0.2, 0) is 27.5 Å². The molecule has 256 valence electrons. The molecular weight excluding hydrogens is 600 g/mol. The van der Waals surface area contributed by atoms with Crippen molar-refractivity contribution in [2.75, 3.05) is 26.9 Å². The average Bonchev–Trinajstić information content (AvgIpc) is 3.45. The molecule has 2 aliphatic carbocycles. The number of benzene rings is 2. The van der Waals surface area contributed by atoms with Gasteiger partial charge in [-0.05, 0) is 66.9 Å². The molecule has 5 rings (SSSR count). The number of hydrogen-bond donors (Lipinski definition) is 4. The van der Waals surface area contributed by atoms with Crippen LogP contribution in [0.1, 0.15) is 68.2 Å². The summed E-state index contributed by atoms with van der Waals surface area (Å²) in [6.45, 7) is 8.17. The lowest BCUT2D eigenvalue weighted by Gasteiger charge is -2.41. The van der Waals surface area contributed by atoms with Crippen LogP contribution in [0.3, 0.4) is 0 Å². The van der Waals surface area contributed by atoms with E-state index in [9.17, 15) is 24.9 Å². The number of rotatable bonds is 12. The van der Waals surface area contributed by atoms with E-state index in [0.717, 1.165) is 30.4 Å². The molecular formula is C37H50N2O8. The Morgan fingerprint density at radius 3 is 2.51 bits per heavy atom. The Hall–Kier alpha value is -3.44. The maximum Gasteiger partial charge on any atom is 0.249 e. The number of nitrogens with one attached hydrogen (secondary N) is 1. The molecule has 2 aromatic carbocycles. The molecule has 3 aliphatic rings.